The molecule has 2 saturated heterocycles. The van der Waals surface area contributed by atoms with Crippen molar-refractivity contribution in [3.63, 3.8) is 0 Å². The number of piperidine rings is 1. The lowest BCUT2D eigenvalue weighted by Crippen LogP contribution is -2.54. The lowest BCUT2D eigenvalue weighted by atomic mass is 9.89. The number of nitrogens with zero attached hydrogens (tertiary/aromatic N) is 2. The highest BCUT2D eigenvalue weighted by Gasteiger charge is 2.30. The quantitative estimate of drug-likeness (QED) is 0.849. The van der Waals surface area contributed by atoms with Gasteiger partial charge in [0, 0.05) is 25.2 Å². The highest BCUT2D eigenvalue weighted by molar-refractivity contribution is 5.74. The minimum absolute atomic E-state index is 0.105. The monoisotopic (exact) mass is 323 g/mol. The zero-order valence-electron chi connectivity index (χ0n) is 14.8. The number of carbonyl (C=O) groups is 1. The van der Waals surface area contributed by atoms with Crippen molar-refractivity contribution < 1.29 is 9.53 Å². The minimum atomic E-state index is 0.105. The Bertz CT molecular complexity index is 380. The molecule has 23 heavy (non-hydrogen) atoms. The fourth-order valence-electron chi connectivity index (χ4n) is 4.48. The van der Waals surface area contributed by atoms with Crippen molar-refractivity contribution >= 4 is 6.03 Å². The largest absolute Gasteiger partial charge is 0.372 e. The molecule has 2 atom stereocenters. The van der Waals surface area contributed by atoms with E-state index in [1.807, 2.05) is 18.7 Å². The first-order valence-corrected chi connectivity index (χ1v) is 9.57. The Kier molecular flexibility index (Phi) is 5.81. The van der Waals surface area contributed by atoms with Gasteiger partial charge in [-0.3, -0.25) is 0 Å². The molecule has 2 amide bonds. The van der Waals surface area contributed by atoms with Crippen molar-refractivity contribution in [3.05, 3.63) is 0 Å². The summed E-state index contributed by atoms with van der Waals surface area (Å²) in [6, 6.07) is 1.22. The van der Waals surface area contributed by atoms with Crippen LogP contribution in [0.5, 0.6) is 0 Å². The molecule has 2 aliphatic heterocycles. The van der Waals surface area contributed by atoms with Crippen LogP contribution in [0.2, 0.25) is 0 Å². The van der Waals surface area contributed by atoms with Gasteiger partial charge in [-0.15, -0.1) is 0 Å². The Hall–Kier alpha value is -0.810. The summed E-state index contributed by atoms with van der Waals surface area (Å²) in [5, 5.41) is 3.27. The van der Waals surface area contributed by atoms with Gasteiger partial charge in [0.2, 0.25) is 0 Å². The van der Waals surface area contributed by atoms with Gasteiger partial charge in [-0.1, -0.05) is 6.42 Å². The van der Waals surface area contributed by atoms with Crippen LogP contribution in [-0.4, -0.2) is 66.3 Å². The maximum Gasteiger partial charge on any atom is 0.317 e. The van der Waals surface area contributed by atoms with E-state index in [0.29, 0.717) is 19.1 Å². The standard InChI is InChI=1S/C18H33N3O2/c1-14-12-21(13-15(2)23-14)18(22)19-16-6-8-17(9-7-16)20-10-4-3-5-11-20/h14-17H,3-13H2,1-2H3,(H,19,22). The Morgan fingerprint density at radius 2 is 1.57 bits per heavy atom. The average Bonchev–Trinajstić information content (AvgIpc) is 2.55. The molecule has 3 rings (SSSR count). The molecule has 1 aliphatic carbocycles. The summed E-state index contributed by atoms with van der Waals surface area (Å²) in [7, 11) is 0. The molecule has 1 saturated carbocycles. The third-order valence-electron chi connectivity index (χ3n) is 5.64. The molecule has 3 fully saturated rings. The Labute approximate surface area is 140 Å². The average molecular weight is 323 g/mol. The van der Waals surface area contributed by atoms with Gasteiger partial charge in [-0.2, -0.15) is 0 Å². The van der Waals surface area contributed by atoms with Crippen molar-refractivity contribution in [1.29, 1.82) is 0 Å². The topological polar surface area (TPSA) is 44.8 Å². The van der Waals surface area contributed by atoms with Gasteiger partial charge in [-0.05, 0) is 65.5 Å². The first-order valence-electron chi connectivity index (χ1n) is 9.57. The smallest absolute Gasteiger partial charge is 0.317 e. The van der Waals surface area contributed by atoms with Crippen LogP contribution in [-0.2, 0) is 4.74 Å². The molecule has 132 valence electrons. The second-order valence-electron chi connectivity index (χ2n) is 7.71. The van der Waals surface area contributed by atoms with Gasteiger partial charge in [0.05, 0.1) is 12.2 Å². The van der Waals surface area contributed by atoms with E-state index >= 15 is 0 Å². The predicted octanol–water partition coefficient (Wildman–Crippen LogP) is 2.60. The molecule has 0 aromatic rings. The molecule has 2 heterocycles. The number of likely N-dealkylation sites (tertiary alicyclic amines) is 1. The summed E-state index contributed by atoms with van der Waals surface area (Å²) >= 11 is 0. The van der Waals surface area contributed by atoms with Crippen molar-refractivity contribution in [1.82, 2.24) is 15.1 Å². The van der Waals surface area contributed by atoms with E-state index < -0.39 is 0 Å². The third kappa shape index (κ3) is 4.60. The van der Waals surface area contributed by atoms with Crippen LogP contribution in [0.1, 0.15) is 58.8 Å². The van der Waals surface area contributed by atoms with E-state index in [1.165, 1.54) is 45.2 Å². The Morgan fingerprint density at radius 1 is 0.957 bits per heavy atom. The molecule has 5 heteroatoms. The molecule has 0 spiro atoms. The normalized spacial score (nSPS) is 36.7. The molecule has 3 aliphatic rings. The van der Waals surface area contributed by atoms with Crippen LogP contribution in [0, 0.1) is 0 Å². The zero-order chi connectivity index (χ0) is 16.2. The second-order valence-corrected chi connectivity index (χ2v) is 7.71. The molecule has 0 radical (unpaired) electrons. The highest BCUT2D eigenvalue weighted by atomic mass is 16.5. The number of rotatable bonds is 2. The summed E-state index contributed by atoms with van der Waals surface area (Å²) in [5.74, 6) is 0. The van der Waals surface area contributed by atoms with Gasteiger partial charge in [0.1, 0.15) is 0 Å². The van der Waals surface area contributed by atoms with Gasteiger partial charge >= 0.3 is 6.03 Å². The van der Waals surface area contributed by atoms with E-state index in [4.69, 9.17) is 4.74 Å². The molecule has 5 nitrogen and oxygen atoms in total. The van der Waals surface area contributed by atoms with Crippen molar-refractivity contribution in [2.45, 2.75) is 83.1 Å². The second kappa shape index (κ2) is 7.84. The molecular formula is C18H33N3O2. The Balaban J connectivity index is 1.42. The number of ether oxygens (including phenoxy) is 1. The number of urea groups is 1. The third-order valence-corrected chi connectivity index (χ3v) is 5.64. The van der Waals surface area contributed by atoms with Crippen LogP contribution < -0.4 is 5.32 Å². The lowest BCUT2D eigenvalue weighted by Gasteiger charge is -2.40. The first kappa shape index (κ1) is 17.0. The minimum Gasteiger partial charge on any atom is -0.372 e. The SMILES string of the molecule is CC1CN(C(=O)NC2CCC(N3CCCCC3)CC2)CC(C)O1. The molecule has 1 N–H and O–H groups in total. The summed E-state index contributed by atoms with van der Waals surface area (Å²) in [6.45, 7) is 8.06. The van der Waals surface area contributed by atoms with Crippen LogP contribution in [0.3, 0.4) is 0 Å². The van der Waals surface area contributed by atoms with Crippen LogP contribution in [0.25, 0.3) is 0 Å². The summed E-state index contributed by atoms with van der Waals surface area (Å²) < 4.78 is 5.71. The first-order chi connectivity index (χ1) is 11.1. The number of hydrogen-bond acceptors (Lipinski definition) is 3. The fourth-order valence-corrected chi connectivity index (χ4v) is 4.48. The number of hydrogen-bond donors (Lipinski definition) is 1. The predicted molar refractivity (Wildman–Crippen MR) is 91.6 cm³/mol. The maximum atomic E-state index is 12.5. The van der Waals surface area contributed by atoms with E-state index in [2.05, 4.69) is 10.2 Å². The summed E-state index contributed by atoms with van der Waals surface area (Å²) in [5.41, 5.74) is 0. The number of nitrogens with one attached hydrogen (secondary N) is 1. The van der Waals surface area contributed by atoms with Gasteiger partial charge < -0.3 is 19.9 Å². The van der Waals surface area contributed by atoms with Gasteiger partial charge in [-0.25, -0.2) is 4.79 Å². The fraction of sp³-hybridized carbons (Fsp3) is 0.944. The van der Waals surface area contributed by atoms with E-state index in [1.54, 1.807) is 0 Å². The number of morpholine rings is 1. The number of amides is 2. The Morgan fingerprint density at radius 3 is 2.17 bits per heavy atom. The van der Waals surface area contributed by atoms with Crippen molar-refractivity contribution in [2.24, 2.45) is 0 Å². The summed E-state index contributed by atoms with van der Waals surface area (Å²) in [4.78, 5) is 17.1. The molecule has 0 bridgehead atoms. The zero-order valence-corrected chi connectivity index (χ0v) is 14.8. The van der Waals surface area contributed by atoms with Crippen molar-refractivity contribution in [2.75, 3.05) is 26.2 Å². The summed E-state index contributed by atoms with van der Waals surface area (Å²) in [6.07, 6.45) is 9.14. The molecule has 0 aromatic heterocycles. The van der Waals surface area contributed by atoms with Crippen LogP contribution in [0.15, 0.2) is 0 Å². The van der Waals surface area contributed by atoms with E-state index in [0.717, 1.165) is 18.9 Å². The van der Waals surface area contributed by atoms with Gasteiger partial charge in [0.25, 0.3) is 0 Å². The van der Waals surface area contributed by atoms with Crippen LogP contribution >= 0.6 is 0 Å². The van der Waals surface area contributed by atoms with Crippen LogP contribution in [0.4, 0.5) is 4.79 Å². The number of carbonyl (C=O) groups excluding carboxylic acids is 1. The molecular weight excluding hydrogens is 290 g/mol. The lowest BCUT2D eigenvalue weighted by molar-refractivity contribution is -0.0549. The maximum absolute atomic E-state index is 12.5. The highest BCUT2D eigenvalue weighted by Crippen LogP contribution is 2.26. The van der Waals surface area contributed by atoms with E-state index in [-0.39, 0.29) is 18.2 Å². The van der Waals surface area contributed by atoms with Crippen molar-refractivity contribution in [3.8, 4) is 0 Å². The van der Waals surface area contributed by atoms with Gasteiger partial charge in [0.15, 0.2) is 0 Å². The molecule has 2 unspecified atom stereocenters. The molecule has 0 aromatic carbocycles. The van der Waals surface area contributed by atoms with E-state index in [9.17, 15) is 4.79 Å².